The van der Waals surface area contributed by atoms with Crippen LogP contribution in [-0.2, 0) is 6.54 Å². The summed E-state index contributed by atoms with van der Waals surface area (Å²) >= 11 is 1.78. The second-order valence-electron chi connectivity index (χ2n) is 7.91. The molecule has 2 aliphatic heterocycles. The Hall–Kier alpha value is -0.490. The van der Waals surface area contributed by atoms with Gasteiger partial charge in [-0.05, 0) is 19.8 Å². The van der Waals surface area contributed by atoms with Crippen LogP contribution in [-0.4, -0.2) is 70.5 Å². The highest BCUT2D eigenvalue weighted by molar-refractivity contribution is 7.09. The smallest absolute Gasteiger partial charge is 0.107 e. The van der Waals surface area contributed by atoms with Crippen LogP contribution in [0, 0.1) is 5.92 Å². The van der Waals surface area contributed by atoms with E-state index in [1.807, 2.05) is 6.20 Å². The van der Waals surface area contributed by atoms with Crippen molar-refractivity contribution in [1.82, 2.24) is 19.7 Å². The van der Waals surface area contributed by atoms with Crippen molar-refractivity contribution in [3.8, 4) is 0 Å². The van der Waals surface area contributed by atoms with Gasteiger partial charge in [0.25, 0.3) is 0 Å². The van der Waals surface area contributed by atoms with Crippen molar-refractivity contribution in [2.75, 3.05) is 39.3 Å². The standard InChI is InChI=1S/C17H30N4S/c1-14(2)9-20-11-15-10-19(12-16-18-5-8-22-16)6-7-21(15)17(3,4)13-20/h5,8,14-15H,6-7,9-13H2,1-4H3/t15-/m0/s1. The Morgan fingerprint density at radius 2 is 2.05 bits per heavy atom. The molecular formula is C17H30N4S. The van der Waals surface area contributed by atoms with Crippen molar-refractivity contribution in [1.29, 1.82) is 0 Å². The summed E-state index contributed by atoms with van der Waals surface area (Å²) in [6, 6.07) is 0.663. The Kier molecular flexibility index (Phi) is 4.88. The lowest BCUT2D eigenvalue weighted by Gasteiger charge is -2.56. The van der Waals surface area contributed by atoms with Gasteiger partial charge in [0, 0.05) is 62.4 Å². The van der Waals surface area contributed by atoms with Gasteiger partial charge in [-0.1, -0.05) is 13.8 Å². The van der Waals surface area contributed by atoms with Gasteiger partial charge in [-0.3, -0.25) is 14.7 Å². The van der Waals surface area contributed by atoms with Gasteiger partial charge in [0.05, 0.1) is 6.54 Å². The minimum absolute atomic E-state index is 0.297. The van der Waals surface area contributed by atoms with Crippen LogP contribution in [0.1, 0.15) is 32.7 Å². The molecule has 0 aliphatic carbocycles. The van der Waals surface area contributed by atoms with E-state index in [-0.39, 0.29) is 0 Å². The van der Waals surface area contributed by atoms with E-state index in [2.05, 4.69) is 52.8 Å². The summed E-state index contributed by atoms with van der Waals surface area (Å²) in [5, 5.41) is 3.34. The van der Waals surface area contributed by atoms with E-state index >= 15 is 0 Å². The van der Waals surface area contributed by atoms with E-state index in [9.17, 15) is 0 Å². The van der Waals surface area contributed by atoms with Gasteiger partial charge in [-0.25, -0.2) is 4.98 Å². The molecule has 0 saturated carbocycles. The third kappa shape index (κ3) is 3.70. The first-order valence-corrected chi connectivity index (χ1v) is 9.42. The van der Waals surface area contributed by atoms with Gasteiger partial charge < -0.3 is 0 Å². The zero-order valence-corrected chi connectivity index (χ0v) is 15.3. The molecule has 4 nitrogen and oxygen atoms in total. The minimum atomic E-state index is 0.297. The lowest BCUT2D eigenvalue weighted by atomic mass is 9.92. The SMILES string of the molecule is CC(C)CN1C[C@@H]2CN(Cc3nccs3)CCN2C(C)(C)C1. The topological polar surface area (TPSA) is 22.6 Å². The first-order valence-electron chi connectivity index (χ1n) is 8.54. The maximum Gasteiger partial charge on any atom is 0.107 e. The molecule has 2 saturated heterocycles. The quantitative estimate of drug-likeness (QED) is 0.849. The molecule has 0 bridgehead atoms. The third-order valence-corrected chi connectivity index (χ3v) is 5.65. The van der Waals surface area contributed by atoms with Gasteiger partial charge >= 0.3 is 0 Å². The second-order valence-corrected chi connectivity index (χ2v) is 8.89. The van der Waals surface area contributed by atoms with E-state index in [1.165, 1.54) is 44.3 Å². The highest BCUT2D eigenvalue weighted by Gasteiger charge is 2.42. The maximum atomic E-state index is 4.45. The molecule has 1 aromatic heterocycles. The molecule has 3 heterocycles. The highest BCUT2D eigenvalue weighted by Crippen LogP contribution is 2.29. The maximum absolute atomic E-state index is 4.45. The van der Waals surface area contributed by atoms with Crippen molar-refractivity contribution >= 4 is 11.3 Å². The Bertz CT molecular complexity index is 471. The Balaban J connectivity index is 1.65. The van der Waals surface area contributed by atoms with Crippen LogP contribution in [0.2, 0.25) is 0 Å². The molecule has 1 atom stereocenters. The molecule has 124 valence electrons. The van der Waals surface area contributed by atoms with Crippen LogP contribution in [0.15, 0.2) is 11.6 Å². The average Bonchev–Trinajstić information content (AvgIpc) is 2.89. The number of rotatable bonds is 4. The van der Waals surface area contributed by atoms with Crippen molar-refractivity contribution < 1.29 is 0 Å². The molecule has 2 fully saturated rings. The number of aromatic nitrogens is 1. The molecule has 1 aromatic rings. The minimum Gasteiger partial charge on any atom is -0.300 e. The first kappa shape index (κ1) is 16.4. The van der Waals surface area contributed by atoms with E-state index in [4.69, 9.17) is 0 Å². The molecule has 5 heteroatoms. The van der Waals surface area contributed by atoms with Crippen LogP contribution in [0.3, 0.4) is 0 Å². The number of fused-ring (bicyclic) bond motifs is 1. The molecule has 0 aromatic carbocycles. The molecule has 22 heavy (non-hydrogen) atoms. The van der Waals surface area contributed by atoms with Crippen LogP contribution >= 0.6 is 11.3 Å². The molecule has 0 N–H and O–H groups in total. The van der Waals surface area contributed by atoms with Gasteiger partial charge in [-0.2, -0.15) is 0 Å². The molecule has 0 amide bonds. The van der Waals surface area contributed by atoms with Crippen molar-refractivity contribution in [2.45, 2.75) is 45.8 Å². The van der Waals surface area contributed by atoms with Crippen molar-refractivity contribution in [2.24, 2.45) is 5.92 Å². The Labute approximate surface area is 139 Å². The van der Waals surface area contributed by atoms with Crippen LogP contribution in [0.5, 0.6) is 0 Å². The zero-order valence-electron chi connectivity index (χ0n) is 14.5. The largest absolute Gasteiger partial charge is 0.300 e. The van der Waals surface area contributed by atoms with Crippen LogP contribution in [0.4, 0.5) is 0 Å². The first-order chi connectivity index (χ1) is 10.4. The molecule has 0 unspecified atom stereocenters. The van der Waals surface area contributed by atoms with Gasteiger partial charge in [-0.15, -0.1) is 11.3 Å². The summed E-state index contributed by atoms with van der Waals surface area (Å²) < 4.78 is 0. The number of thiazole rings is 1. The van der Waals surface area contributed by atoms with Crippen molar-refractivity contribution in [3.05, 3.63) is 16.6 Å². The van der Waals surface area contributed by atoms with Crippen LogP contribution < -0.4 is 0 Å². The molecule has 0 spiro atoms. The molecule has 2 aliphatic rings. The number of nitrogens with zero attached hydrogens (tertiary/aromatic N) is 4. The van der Waals surface area contributed by atoms with E-state index in [0.717, 1.165) is 12.5 Å². The van der Waals surface area contributed by atoms with E-state index in [0.29, 0.717) is 11.6 Å². The van der Waals surface area contributed by atoms with E-state index < -0.39 is 0 Å². The fourth-order valence-electron chi connectivity index (χ4n) is 4.19. The summed E-state index contributed by atoms with van der Waals surface area (Å²) in [4.78, 5) is 12.5. The lowest BCUT2D eigenvalue weighted by molar-refractivity contribution is -0.0683. The van der Waals surface area contributed by atoms with Gasteiger partial charge in [0.15, 0.2) is 0 Å². The monoisotopic (exact) mass is 322 g/mol. The number of piperazine rings is 2. The summed E-state index contributed by atoms with van der Waals surface area (Å²) in [5.41, 5.74) is 0.297. The highest BCUT2D eigenvalue weighted by atomic mass is 32.1. The molecule has 3 rings (SSSR count). The van der Waals surface area contributed by atoms with Crippen molar-refractivity contribution in [3.63, 3.8) is 0 Å². The molecular weight excluding hydrogens is 292 g/mol. The predicted molar refractivity (Wildman–Crippen MR) is 93.2 cm³/mol. The number of hydrogen-bond donors (Lipinski definition) is 0. The van der Waals surface area contributed by atoms with E-state index in [1.54, 1.807) is 11.3 Å². The van der Waals surface area contributed by atoms with Gasteiger partial charge in [0.2, 0.25) is 0 Å². The lowest BCUT2D eigenvalue weighted by Crippen LogP contribution is -2.69. The second kappa shape index (κ2) is 6.56. The predicted octanol–water partition coefficient (Wildman–Crippen LogP) is 2.38. The zero-order chi connectivity index (χ0) is 15.7. The molecule has 0 radical (unpaired) electrons. The van der Waals surface area contributed by atoms with Gasteiger partial charge in [0.1, 0.15) is 5.01 Å². The third-order valence-electron chi connectivity index (χ3n) is 4.89. The fourth-order valence-corrected chi connectivity index (χ4v) is 4.85. The average molecular weight is 323 g/mol. The summed E-state index contributed by atoms with van der Waals surface area (Å²) in [5.74, 6) is 0.748. The normalized spacial score (nSPS) is 27.2. The summed E-state index contributed by atoms with van der Waals surface area (Å²) in [6.45, 7) is 17.7. The summed E-state index contributed by atoms with van der Waals surface area (Å²) in [6.07, 6.45) is 1.92. The Morgan fingerprint density at radius 3 is 2.73 bits per heavy atom. The van der Waals surface area contributed by atoms with Crippen LogP contribution in [0.25, 0.3) is 0 Å². The number of hydrogen-bond acceptors (Lipinski definition) is 5. The fraction of sp³-hybridized carbons (Fsp3) is 0.824. The Morgan fingerprint density at radius 1 is 1.27 bits per heavy atom. The summed E-state index contributed by atoms with van der Waals surface area (Å²) in [7, 11) is 0.